The highest BCUT2D eigenvalue weighted by atomic mass is 32.2. The zero-order valence-electron chi connectivity index (χ0n) is 18.2. The average Bonchev–Trinajstić information content (AvgIpc) is 3.11. The molecule has 2 aromatic carbocycles. The lowest BCUT2D eigenvalue weighted by molar-refractivity contribution is 0.0627. The van der Waals surface area contributed by atoms with Gasteiger partial charge in [-0.2, -0.15) is 4.31 Å². The molecule has 8 heteroatoms. The van der Waals surface area contributed by atoms with Gasteiger partial charge in [0.05, 0.1) is 4.90 Å². The number of piperazine rings is 1. The zero-order chi connectivity index (χ0) is 22.6. The Kier molecular flexibility index (Phi) is 7.23. The molecule has 0 aliphatic carbocycles. The number of carbonyl (C=O) groups excluding carboxylic acids is 1. The molecule has 0 saturated carbocycles. The maximum atomic E-state index is 13.9. The quantitative estimate of drug-likeness (QED) is 0.688. The van der Waals surface area contributed by atoms with Crippen molar-refractivity contribution in [1.29, 1.82) is 0 Å². The van der Waals surface area contributed by atoms with E-state index in [1.54, 1.807) is 45.6 Å². The molecule has 172 valence electrons. The minimum atomic E-state index is -3.52. The fourth-order valence-corrected chi connectivity index (χ4v) is 5.88. The van der Waals surface area contributed by atoms with Crippen molar-refractivity contribution < 1.29 is 17.6 Å². The third kappa shape index (κ3) is 5.19. The number of amides is 1. The molecule has 6 nitrogen and oxygen atoms in total. The van der Waals surface area contributed by atoms with Crippen LogP contribution in [-0.4, -0.2) is 67.7 Å². The Morgan fingerprint density at radius 1 is 0.812 bits per heavy atom. The molecule has 32 heavy (non-hydrogen) atoms. The first-order chi connectivity index (χ1) is 15.4. The van der Waals surface area contributed by atoms with E-state index in [2.05, 4.69) is 4.90 Å². The Bertz CT molecular complexity index is 1030. The predicted molar refractivity (Wildman–Crippen MR) is 121 cm³/mol. The van der Waals surface area contributed by atoms with E-state index in [1.807, 2.05) is 6.07 Å². The summed E-state index contributed by atoms with van der Waals surface area (Å²) in [4.78, 5) is 17.1. The number of benzene rings is 2. The molecule has 0 bridgehead atoms. The predicted octanol–water partition coefficient (Wildman–Crippen LogP) is 3.35. The molecule has 2 aliphatic heterocycles. The lowest BCUT2D eigenvalue weighted by Crippen LogP contribution is -2.48. The second-order valence-corrected chi connectivity index (χ2v) is 10.4. The van der Waals surface area contributed by atoms with Crippen molar-refractivity contribution in [3.8, 4) is 0 Å². The molecule has 0 unspecified atom stereocenters. The van der Waals surface area contributed by atoms with Crippen LogP contribution in [0.1, 0.15) is 41.6 Å². The first kappa shape index (κ1) is 22.9. The van der Waals surface area contributed by atoms with E-state index in [9.17, 15) is 17.6 Å². The lowest BCUT2D eigenvalue weighted by Gasteiger charge is -2.34. The molecule has 0 aromatic heterocycles. The average molecular weight is 460 g/mol. The molecule has 4 rings (SSSR count). The van der Waals surface area contributed by atoms with E-state index in [0.29, 0.717) is 56.9 Å². The van der Waals surface area contributed by atoms with Gasteiger partial charge in [0.1, 0.15) is 5.82 Å². The van der Waals surface area contributed by atoms with Crippen LogP contribution >= 0.6 is 0 Å². The fourth-order valence-electron chi connectivity index (χ4n) is 4.36. The number of sulfonamides is 1. The molecule has 0 radical (unpaired) electrons. The van der Waals surface area contributed by atoms with Crippen LogP contribution in [0.25, 0.3) is 0 Å². The lowest BCUT2D eigenvalue weighted by atomic mass is 10.1. The smallest absolute Gasteiger partial charge is 0.253 e. The number of hydrogen-bond acceptors (Lipinski definition) is 4. The Labute approximate surface area is 189 Å². The van der Waals surface area contributed by atoms with Crippen molar-refractivity contribution in [1.82, 2.24) is 14.1 Å². The number of hydrogen-bond donors (Lipinski definition) is 0. The summed E-state index contributed by atoms with van der Waals surface area (Å²) in [5.41, 5.74) is 1.15. The molecular formula is C24H30FN3O3S. The van der Waals surface area contributed by atoms with Crippen molar-refractivity contribution in [3.63, 3.8) is 0 Å². The van der Waals surface area contributed by atoms with Crippen LogP contribution in [0.15, 0.2) is 53.4 Å². The molecule has 0 spiro atoms. The molecule has 0 N–H and O–H groups in total. The molecule has 0 atom stereocenters. The van der Waals surface area contributed by atoms with Crippen LogP contribution in [0.2, 0.25) is 0 Å². The van der Waals surface area contributed by atoms with E-state index in [1.165, 1.54) is 6.07 Å². The first-order valence-electron chi connectivity index (χ1n) is 11.3. The summed E-state index contributed by atoms with van der Waals surface area (Å²) >= 11 is 0. The molecule has 2 aromatic rings. The minimum Gasteiger partial charge on any atom is -0.336 e. The first-order valence-corrected chi connectivity index (χ1v) is 12.7. The van der Waals surface area contributed by atoms with Gasteiger partial charge in [0.2, 0.25) is 10.0 Å². The number of rotatable bonds is 5. The molecular weight excluding hydrogens is 429 g/mol. The van der Waals surface area contributed by atoms with Crippen LogP contribution in [0, 0.1) is 5.82 Å². The Morgan fingerprint density at radius 2 is 1.44 bits per heavy atom. The highest BCUT2D eigenvalue weighted by Crippen LogP contribution is 2.21. The molecule has 1 amide bonds. The van der Waals surface area contributed by atoms with Crippen LogP contribution < -0.4 is 0 Å². The SMILES string of the molecule is O=C(c1ccc(S(=O)(=O)N2CCCCCC2)cc1)N1CCN(Cc2ccccc2F)CC1. The maximum Gasteiger partial charge on any atom is 0.253 e. The van der Waals surface area contributed by atoms with Crippen molar-refractivity contribution in [2.24, 2.45) is 0 Å². The highest BCUT2D eigenvalue weighted by molar-refractivity contribution is 7.89. The van der Waals surface area contributed by atoms with Crippen LogP contribution in [0.3, 0.4) is 0 Å². The summed E-state index contributed by atoms with van der Waals surface area (Å²) in [6, 6.07) is 13.1. The van der Waals surface area contributed by atoms with Gasteiger partial charge in [-0.1, -0.05) is 31.0 Å². The van der Waals surface area contributed by atoms with E-state index >= 15 is 0 Å². The van der Waals surface area contributed by atoms with Gasteiger partial charge >= 0.3 is 0 Å². The standard InChI is InChI=1S/C24H30FN3O3S/c25-23-8-4-3-7-21(23)19-26-15-17-27(18-16-26)24(29)20-9-11-22(12-10-20)32(30,31)28-13-5-1-2-6-14-28/h3-4,7-12H,1-2,5-6,13-19H2. The van der Waals surface area contributed by atoms with Crippen LogP contribution in [0.4, 0.5) is 4.39 Å². The van der Waals surface area contributed by atoms with Crippen molar-refractivity contribution in [2.75, 3.05) is 39.3 Å². The van der Waals surface area contributed by atoms with Gasteiger partial charge in [-0.25, -0.2) is 12.8 Å². The second kappa shape index (κ2) is 10.1. The topological polar surface area (TPSA) is 60.9 Å². The highest BCUT2D eigenvalue weighted by Gasteiger charge is 2.26. The summed E-state index contributed by atoms with van der Waals surface area (Å²) in [6.07, 6.45) is 3.90. The van der Waals surface area contributed by atoms with Gasteiger partial charge < -0.3 is 4.90 Å². The van der Waals surface area contributed by atoms with Gasteiger partial charge in [0.25, 0.3) is 5.91 Å². The third-order valence-corrected chi connectivity index (χ3v) is 8.23. The fraction of sp³-hybridized carbons (Fsp3) is 0.458. The van der Waals surface area contributed by atoms with E-state index in [-0.39, 0.29) is 16.6 Å². The molecule has 2 aliphatic rings. The van der Waals surface area contributed by atoms with Crippen molar-refractivity contribution in [3.05, 3.63) is 65.5 Å². The van der Waals surface area contributed by atoms with Gasteiger partial charge in [-0.3, -0.25) is 9.69 Å². The summed E-state index contributed by atoms with van der Waals surface area (Å²) in [5.74, 6) is -0.310. The largest absolute Gasteiger partial charge is 0.336 e. The monoisotopic (exact) mass is 459 g/mol. The van der Waals surface area contributed by atoms with E-state index in [4.69, 9.17) is 0 Å². The van der Waals surface area contributed by atoms with Crippen LogP contribution in [0.5, 0.6) is 0 Å². The van der Waals surface area contributed by atoms with Crippen molar-refractivity contribution >= 4 is 15.9 Å². The molecule has 2 heterocycles. The third-order valence-electron chi connectivity index (χ3n) is 6.32. The normalized spacial score (nSPS) is 19.0. The van der Waals surface area contributed by atoms with Gasteiger partial charge in [0, 0.05) is 56.9 Å². The van der Waals surface area contributed by atoms with Crippen LogP contribution in [-0.2, 0) is 16.6 Å². The maximum absolute atomic E-state index is 13.9. The Balaban J connectivity index is 1.35. The van der Waals surface area contributed by atoms with E-state index < -0.39 is 10.0 Å². The second-order valence-electron chi connectivity index (χ2n) is 8.50. The minimum absolute atomic E-state index is 0.103. The summed E-state index contributed by atoms with van der Waals surface area (Å²) < 4.78 is 41.3. The zero-order valence-corrected chi connectivity index (χ0v) is 19.1. The summed E-state index contributed by atoms with van der Waals surface area (Å²) in [7, 11) is -3.52. The Hall–Kier alpha value is -2.29. The van der Waals surface area contributed by atoms with Gasteiger partial charge in [-0.15, -0.1) is 0 Å². The summed E-state index contributed by atoms with van der Waals surface area (Å²) in [5, 5.41) is 0. The van der Waals surface area contributed by atoms with Gasteiger partial charge in [-0.05, 0) is 43.2 Å². The Morgan fingerprint density at radius 3 is 2.06 bits per heavy atom. The van der Waals surface area contributed by atoms with Crippen molar-refractivity contribution in [2.45, 2.75) is 37.1 Å². The number of nitrogens with zero attached hydrogens (tertiary/aromatic N) is 3. The van der Waals surface area contributed by atoms with E-state index in [0.717, 1.165) is 25.7 Å². The molecule has 2 fully saturated rings. The molecule has 2 saturated heterocycles. The summed E-state index contributed by atoms with van der Waals surface area (Å²) in [6.45, 7) is 4.09. The van der Waals surface area contributed by atoms with Gasteiger partial charge in [0.15, 0.2) is 0 Å². The number of carbonyl (C=O) groups is 1. The number of halogens is 1.